The third kappa shape index (κ3) is 4.86. The number of aromatic nitrogens is 2. The van der Waals surface area contributed by atoms with E-state index in [0.717, 1.165) is 19.5 Å². The number of anilines is 1. The predicted octanol–water partition coefficient (Wildman–Crippen LogP) is 4.00. The fourth-order valence-electron chi connectivity index (χ4n) is 4.82. The lowest BCUT2D eigenvalue weighted by Crippen LogP contribution is -2.48. The second-order valence-corrected chi connectivity index (χ2v) is 9.26. The van der Waals surface area contributed by atoms with Gasteiger partial charge in [-0.1, -0.05) is 0 Å². The Labute approximate surface area is 201 Å². The summed E-state index contributed by atoms with van der Waals surface area (Å²) in [5.74, 6) is -1.18. The number of nitrogens with zero attached hydrogens (tertiary/aromatic N) is 2. The Morgan fingerprint density at radius 3 is 2.66 bits per heavy atom. The number of rotatable bonds is 7. The van der Waals surface area contributed by atoms with E-state index in [1.54, 1.807) is 18.3 Å². The first-order valence-electron chi connectivity index (χ1n) is 11.7. The number of carbonyl (C=O) groups excluding carboxylic acids is 1. The number of nitrogens with one attached hydrogen (secondary N) is 3. The number of carbonyl (C=O) groups is 1. The van der Waals surface area contributed by atoms with E-state index in [1.165, 1.54) is 36.5 Å². The Morgan fingerprint density at radius 1 is 1.11 bits per heavy atom. The van der Waals surface area contributed by atoms with Gasteiger partial charge in [0.2, 0.25) is 0 Å². The molecule has 2 aliphatic rings. The molecular weight excluding hydrogens is 455 g/mol. The molecule has 1 aliphatic carbocycles. The molecule has 35 heavy (non-hydrogen) atoms. The van der Waals surface area contributed by atoms with Gasteiger partial charge in [-0.25, -0.2) is 13.2 Å². The van der Waals surface area contributed by atoms with Crippen molar-refractivity contribution in [3.8, 4) is 11.3 Å². The molecule has 0 radical (unpaired) electrons. The van der Waals surface area contributed by atoms with Crippen molar-refractivity contribution in [2.75, 3.05) is 25.0 Å². The van der Waals surface area contributed by atoms with E-state index in [9.17, 15) is 18.0 Å². The Bertz CT molecular complexity index is 1210. The van der Waals surface area contributed by atoms with Crippen LogP contribution >= 0.6 is 0 Å². The molecule has 0 spiro atoms. The van der Waals surface area contributed by atoms with Crippen LogP contribution in [-0.2, 0) is 5.41 Å². The zero-order chi connectivity index (χ0) is 24.4. The largest absolute Gasteiger partial charge is 0.383 e. The first kappa shape index (κ1) is 23.3. The second kappa shape index (κ2) is 9.65. The van der Waals surface area contributed by atoms with E-state index in [1.807, 2.05) is 0 Å². The number of pyridine rings is 2. The zero-order valence-electron chi connectivity index (χ0n) is 19.0. The van der Waals surface area contributed by atoms with Gasteiger partial charge in [0.1, 0.15) is 17.8 Å². The average molecular weight is 482 g/mol. The number of benzene rings is 1. The highest BCUT2D eigenvalue weighted by molar-refractivity contribution is 5.95. The molecule has 1 aromatic carbocycles. The van der Waals surface area contributed by atoms with Gasteiger partial charge >= 0.3 is 0 Å². The highest BCUT2D eigenvalue weighted by Gasteiger charge is 2.48. The minimum Gasteiger partial charge on any atom is -0.383 e. The van der Waals surface area contributed by atoms with Crippen molar-refractivity contribution < 1.29 is 18.0 Å². The van der Waals surface area contributed by atoms with E-state index < -0.39 is 23.2 Å². The normalized spacial score (nSPS) is 23.5. The van der Waals surface area contributed by atoms with Crippen molar-refractivity contribution in [3.05, 3.63) is 77.8 Å². The Morgan fingerprint density at radius 2 is 1.97 bits per heavy atom. The van der Waals surface area contributed by atoms with Gasteiger partial charge in [0, 0.05) is 41.9 Å². The van der Waals surface area contributed by atoms with Crippen LogP contribution in [0, 0.1) is 11.6 Å². The standard InChI is InChI=1S/C26H26F3N5O/c27-17-11-26(12-17,24-22(29)2-1-8-31-24)15-33-18-4-6-23(32-14-18)20-10-16(3-5-21(20)28)25(35)34-19-7-9-30-13-19/h1-6,8,10,14,17,19,30,33H,7,9,11-13,15H2,(H,34,35)/t17-,19-,26-/m1/s1. The molecule has 1 amide bonds. The third-order valence-electron chi connectivity index (χ3n) is 6.78. The summed E-state index contributed by atoms with van der Waals surface area (Å²) in [6, 6.07) is 10.5. The van der Waals surface area contributed by atoms with E-state index in [2.05, 4.69) is 25.9 Å². The summed E-state index contributed by atoms with van der Waals surface area (Å²) in [5, 5.41) is 9.34. The van der Waals surface area contributed by atoms with Crippen LogP contribution in [0.1, 0.15) is 35.3 Å². The van der Waals surface area contributed by atoms with Crippen LogP contribution in [0.2, 0.25) is 0 Å². The lowest BCUT2D eigenvalue weighted by Gasteiger charge is -2.44. The minimum absolute atomic E-state index is 0.0608. The number of alkyl halides is 1. The van der Waals surface area contributed by atoms with Gasteiger partial charge in [-0.15, -0.1) is 0 Å². The maximum Gasteiger partial charge on any atom is 0.251 e. The number of hydrogen-bond donors (Lipinski definition) is 3. The van der Waals surface area contributed by atoms with Crippen LogP contribution in [0.5, 0.6) is 0 Å². The Hall–Kier alpha value is -3.46. The van der Waals surface area contributed by atoms with Crippen molar-refractivity contribution in [1.29, 1.82) is 0 Å². The van der Waals surface area contributed by atoms with E-state index >= 15 is 0 Å². The van der Waals surface area contributed by atoms with E-state index in [4.69, 9.17) is 0 Å². The van der Waals surface area contributed by atoms with Crippen molar-refractivity contribution in [3.63, 3.8) is 0 Å². The predicted molar refractivity (Wildman–Crippen MR) is 127 cm³/mol. The van der Waals surface area contributed by atoms with Crippen molar-refractivity contribution in [2.45, 2.75) is 36.9 Å². The first-order chi connectivity index (χ1) is 16.9. The Kier molecular flexibility index (Phi) is 6.42. The molecule has 0 bridgehead atoms. The summed E-state index contributed by atoms with van der Waals surface area (Å²) in [6.07, 6.45) is 3.30. The Balaban J connectivity index is 1.29. The monoisotopic (exact) mass is 481 g/mol. The third-order valence-corrected chi connectivity index (χ3v) is 6.78. The van der Waals surface area contributed by atoms with Crippen molar-refractivity contribution in [2.24, 2.45) is 0 Å². The summed E-state index contributed by atoms with van der Waals surface area (Å²) < 4.78 is 42.7. The molecule has 5 rings (SSSR count). The molecule has 0 unspecified atom stereocenters. The fraction of sp³-hybridized carbons (Fsp3) is 0.346. The van der Waals surface area contributed by atoms with Gasteiger partial charge in [0.25, 0.3) is 5.91 Å². The highest BCUT2D eigenvalue weighted by atomic mass is 19.1. The van der Waals surface area contributed by atoms with E-state index in [-0.39, 0.29) is 36.0 Å². The topological polar surface area (TPSA) is 78.9 Å². The molecule has 1 aliphatic heterocycles. The van der Waals surface area contributed by atoms with Gasteiger partial charge < -0.3 is 16.0 Å². The van der Waals surface area contributed by atoms with Gasteiger partial charge in [0.05, 0.1) is 23.3 Å². The minimum atomic E-state index is -0.990. The molecule has 1 saturated heterocycles. The highest BCUT2D eigenvalue weighted by Crippen LogP contribution is 2.45. The fourth-order valence-corrected chi connectivity index (χ4v) is 4.82. The maximum absolute atomic E-state index is 14.6. The van der Waals surface area contributed by atoms with Gasteiger partial charge in [0.15, 0.2) is 0 Å². The van der Waals surface area contributed by atoms with Gasteiger partial charge in [-0.3, -0.25) is 14.8 Å². The lowest BCUT2D eigenvalue weighted by molar-refractivity contribution is 0.0939. The quantitative estimate of drug-likeness (QED) is 0.476. The molecule has 1 saturated carbocycles. The van der Waals surface area contributed by atoms with Crippen molar-refractivity contribution in [1.82, 2.24) is 20.6 Å². The molecule has 2 aromatic heterocycles. The SMILES string of the molecule is O=C(N[C@@H]1CCNC1)c1ccc(F)c(-c2ccc(NC[C@]3(c4ncccc4F)C[C@H](F)C3)cn2)c1. The summed E-state index contributed by atoms with van der Waals surface area (Å²) >= 11 is 0. The number of halogens is 3. The molecule has 3 heterocycles. The van der Waals surface area contributed by atoms with Crippen LogP contribution in [0.3, 0.4) is 0 Å². The average Bonchev–Trinajstić information content (AvgIpc) is 3.35. The maximum atomic E-state index is 14.6. The molecule has 3 N–H and O–H groups in total. The van der Waals surface area contributed by atoms with Gasteiger partial charge in [-0.2, -0.15) is 0 Å². The van der Waals surface area contributed by atoms with Crippen LogP contribution in [-0.4, -0.2) is 47.7 Å². The molecule has 182 valence electrons. The molecule has 2 fully saturated rings. The number of amides is 1. The summed E-state index contributed by atoms with van der Waals surface area (Å²) in [4.78, 5) is 21.1. The molecular formula is C26H26F3N5O. The summed E-state index contributed by atoms with van der Waals surface area (Å²) in [7, 11) is 0. The molecule has 9 heteroatoms. The van der Waals surface area contributed by atoms with Crippen LogP contribution in [0.4, 0.5) is 18.9 Å². The zero-order valence-corrected chi connectivity index (χ0v) is 19.0. The van der Waals surface area contributed by atoms with Gasteiger partial charge in [-0.05, 0) is 68.3 Å². The first-order valence-corrected chi connectivity index (χ1v) is 11.7. The van der Waals surface area contributed by atoms with Crippen LogP contribution in [0.25, 0.3) is 11.3 Å². The van der Waals surface area contributed by atoms with Crippen LogP contribution in [0.15, 0.2) is 54.9 Å². The molecule has 6 nitrogen and oxygen atoms in total. The smallest absolute Gasteiger partial charge is 0.251 e. The lowest BCUT2D eigenvalue weighted by atomic mass is 9.65. The summed E-state index contributed by atoms with van der Waals surface area (Å²) in [5.41, 5.74) is 1.13. The molecule has 3 aromatic rings. The van der Waals surface area contributed by atoms with E-state index in [0.29, 0.717) is 23.5 Å². The number of hydrogen-bond acceptors (Lipinski definition) is 5. The van der Waals surface area contributed by atoms with Crippen molar-refractivity contribution >= 4 is 11.6 Å². The summed E-state index contributed by atoms with van der Waals surface area (Å²) in [6.45, 7) is 1.87. The molecule has 1 atom stereocenters. The second-order valence-electron chi connectivity index (χ2n) is 9.26. The van der Waals surface area contributed by atoms with Crippen LogP contribution < -0.4 is 16.0 Å².